The first kappa shape index (κ1) is 26.9. The quantitative estimate of drug-likeness (QED) is 0.427. The zero-order chi connectivity index (χ0) is 28.3. The predicted molar refractivity (Wildman–Crippen MR) is 143 cm³/mol. The van der Waals surface area contributed by atoms with Crippen LogP contribution in [0.1, 0.15) is 56.0 Å². The largest absolute Gasteiger partial charge is 0.451 e. The molecule has 2 saturated carbocycles. The molecule has 1 saturated heterocycles. The zero-order valence-electron chi connectivity index (χ0n) is 22.0. The van der Waals surface area contributed by atoms with Crippen molar-refractivity contribution in [2.24, 2.45) is 0 Å². The van der Waals surface area contributed by atoms with Crippen LogP contribution in [0.4, 0.5) is 8.78 Å². The van der Waals surface area contributed by atoms with E-state index in [9.17, 15) is 26.8 Å². The molecule has 6 rings (SSSR count). The molecule has 1 aliphatic heterocycles. The lowest BCUT2D eigenvalue weighted by atomic mass is 9.78. The molecule has 11 heteroatoms. The van der Waals surface area contributed by atoms with Crippen molar-refractivity contribution >= 4 is 32.6 Å². The SMILES string of the molecule is CC1(NC(=O)C2(NC(=O)c3cc4ccc(-c5ccc(S(=O)(=O)C6COC6)cc5)cc4o3)CCC(F)(F)CC2)CC1. The first-order chi connectivity index (χ1) is 18.9. The Balaban J connectivity index is 1.22. The van der Waals surface area contributed by atoms with E-state index in [0.717, 1.165) is 24.0 Å². The number of nitrogens with one attached hydrogen (secondary N) is 2. The van der Waals surface area contributed by atoms with Crippen molar-refractivity contribution in [2.45, 2.75) is 72.6 Å². The van der Waals surface area contributed by atoms with Crippen LogP contribution in [0.15, 0.2) is 57.8 Å². The van der Waals surface area contributed by atoms with Crippen LogP contribution in [0.25, 0.3) is 22.1 Å². The van der Waals surface area contributed by atoms with Gasteiger partial charge < -0.3 is 19.8 Å². The molecule has 3 aliphatic rings. The highest BCUT2D eigenvalue weighted by molar-refractivity contribution is 7.92. The Kier molecular flexibility index (Phi) is 6.30. The number of hydrogen-bond acceptors (Lipinski definition) is 6. The Morgan fingerprint density at radius 2 is 1.52 bits per heavy atom. The highest BCUT2D eigenvalue weighted by atomic mass is 32.2. The summed E-state index contributed by atoms with van der Waals surface area (Å²) in [6, 6.07) is 13.5. The van der Waals surface area contributed by atoms with Gasteiger partial charge in [-0.2, -0.15) is 0 Å². The van der Waals surface area contributed by atoms with Gasteiger partial charge in [-0.05, 0) is 68.0 Å². The van der Waals surface area contributed by atoms with E-state index in [1.165, 1.54) is 0 Å². The van der Waals surface area contributed by atoms with E-state index in [0.29, 0.717) is 11.0 Å². The first-order valence-electron chi connectivity index (χ1n) is 13.4. The third kappa shape index (κ3) is 5.01. The van der Waals surface area contributed by atoms with Crippen molar-refractivity contribution in [1.29, 1.82) is 0 Å². The molecular weight excluding hydrogens is 542 g/mol. The fourth-order valence-electron chi connectivity index (χ4n) is 5.18. The normalized spacial score (nSPS) is 21.4. The lowest BCUT2D eigenvalue weighted by molar-refractivity contribution is -0.133. The van der Waals surface area contributed by atoms with Crippen LogP contribution in [-0.2, 0) is 19.4 Å². The molecule has 0 radical (unpaired) electrons. The molecule has 212 valence electrons. The molecule has 0 atom stereocenters. The van der Waals surface area contributed by atoms with E-state index in [1.54, 1.807) is 42.5 Å². The van der Waals surface area contributed by atoms with E-state index in [2.05, 4.69) is 10.6 Å². The fourth-order valence-corrected chi connectivity index (χ4v) is 6.63. The summed E-state index contributed by atoms with van der Waals surface area (Å²) in [5, 5.41) is 5.80. The molecule has 3 fully saturated rings. The number of rotatable bonds is 7. The Morgan fingerprint density at radius 1 is 0.875 bits per heavy atom. The topological polar surface area (TPSA) is 115 Å². The molecule has 0 bridgehead atoms. The van der Waals surface area contributed by atoms with Crippen molar-refractivity contribution < 1.29 is 35.9 Å². The first-order valence-corrected chi connectivity index (χ1v) is 14.9. The van der Waals surface area contributed by atoms with Gasteiger partial charge in [-0.15, -0.1) is 0 Å². The number of hydrogen-bond donors (Lipinski definition) is 2. The molecule has 0 unspecified atom stereocenters. The minimum absolute atomic E-state index is 0.0292. The second kappa shape index (κ2) is 9.37. The highest BCUT2D eigenvalue weighted by Crippen LogP contribution is 2.41. The average Bonchev–Trinajstić information content (AvgIpc) is 3.44. The van der Waals surface area contributed by atoms with E-state index >= 15 is 0 Å². The Bertz CT molecular complexity index is 1580. The summed E-state index contributed by atoms with van der Waals surface area (Å²) >= 11 is 0. The Labute approximate surface area is 230 Å². The van der Waals surface area contributed by atoms with Crippen LogP contribution in [-0.4, -0.2) is 55.7 Å². The van der Waals surface area contributed by atoms with Crippen LogP contribution < -0.4 is 10.6 Å². The van der Waals surface area contributed by atoms with Crippen molar-refractivity contribution in [2.75, 3.05) is 13.2 Å². The van der Waals surface area contributed by atoms with E-state index < -0.39 is 51.2 Å². The number of ether oxygens (including phenoxy) is 1. The standard InChI is InChI=1S/C29H30F2N2O6S/c1-27(8-9-27)33-26(35)28(10-12-29(30,31)13-11-28)32-25(34)24-15-20-3-2-19(14-23(20)39-24)18-4-6-21(7-5-18)40(36,37)22-16-38-17-22/h2-7,14-15,22H,8-13,16-17H2,1H3,(H,32,34)(H,33,35). The number of furan rings is 1. The summed E-state index contributed by atoms with van der Waals surface area (Å²) in [4.78, 5) is 26.7. The van der Waals surface area contributed by atoms with Gasteiger partial charge in [0.25, 0.3) is 5.91 Å². The maximum atomic E-state index is 14.0. The van der Waals surface area contributed by atoms with Gasteiger partial charge in [0.2, 0.25) is 11.8 Å². The maximum absolute atomic E-state index is 14.0. The molecule has 2 heterocycles. The van der Waals surface area contributed by atoms with E-state index in [-0.39, 0.29) is 42.3 Å². The van der Waals surface area contributed by atoms with E-state index in [4.69, 9.17) is 9.15 Å². The summed E-state index contributed by atoms with van der Waals surface area (Å²) in [6.07, 6.45) is 0.289. The molecule has 8 nitrogen and oxygen atoms in total. The van der Waals surface area contributed by atoms with Crippen molar-refractivity contribution in [3.05, 3.63) is 54.3 Å². The minimum atomic E-state index is -3.44. The summed E-state index contributed by atoms with van der Waals surface area (Å²) in [5.74, 6) is -3.99. The monoisotopic (exact) mass is 572 g/mol. The van der Waals surface area contributed by atoms with Crippen LogP contribution >= 0.6 is 0 Å². The van der Waals surface area contributed by atoms with Gasteiger partial charge in [0.1, 0.15) is 16.4 Å². The second-order valence-corrected chi connectivity index (χ2v) is 13.7. The van der Waals surface area contributed by atoms with Crippen LogP contribution in [0.2, 0.25) is 0 Å². The lowest BCUT2D eigenvalue weighted by Gasteiger charge is -2.39. The van der Waals surface area contributed by atoms with Gasteiger partial charge >= 0.3 is 0 Å². The van der Waals surface area contributed by atoms with Crippen LogP contribution in [0, 0.1) is 0 Å². The van der Waals surface area contributed by atoms with Crippen molar-refractivity contribution in [1.82, 2.24) is 10.6 Å². The number of fused-ring (bicyclic) bond motifs is 1. The molecule has 2 aromatic carbocycles. The number of carbonyl (C=O) groups excluding carboxylic acids is 2. The highest BCUT2D eigenvalue weighted by Gasteiger charge is 2.51. The van der Waals surface area contributed by atoms with Gasteiger partial charge in [-0.1, -0.05) is 24.3 Å². The minimum Gasteiger partial charge on any atom is -0.451 e. The molecule has 3 aromatic rings. The van der Waals surface area contributed by atoms with Gasteiger partial charge in [0.05, 0.1) is 18.1 Å². The second-order valence-electron chi connectivity index (χ2n) is 11.5. The maximum Gasteiger partial charge on any atom is 0.287 e. The number of halogens is 2. The third-order valence-electron chi connectivity index (χ3n) is 8.34. The number of amides is 2. The van der Waals surface area contributed by atoms with Crippen LogP contribution in [0.3, 0.4) is 0 Å². The Hall–Kier alpha value is -3.31. The molecule has 40 heavy (non-hydrogen) atoms. The van der Waals surface area contributed by atoms with Crippen LogP contribution in [0.5, 0.6) is 0 Å². The summed E-state index contributed by atoms with van der Waals surface area (Å²) in [7, 11) is -3.44. The molecule has 2 amide bonds. The fraction of sp³-hybridized carbons (Fsp3) is 0.448. The summed E-state index contributed by atoms with van der Waals surface area (Å²) < 4.78 is 64.0. The summed E-state index contributed by atoms with van der Waals surface area (Å²) in [6.45, 7) is 2.30. The number of alkyl halides is 2. The zero-order valence-corrected chi connectivity index (χ0v) is 22.8. The third-order valence-corrected chi connectivity index (χ3v) is 10.4. The van der Waals surface area contributed by atoms with Crippen molar-refractivity contribution in [3.8, 4) is 11.1 Å². The smallest absolute Gasteiger partial charge is 0.287 e. The average molecular weight is 573 g/mol. The van der Waals surface area contributed by atoms with Gasteiger partial charge in [-0.3, -0.25) is 9.59 Å². The van der Waals surface area contributed by atoms with Gasteiger partial charge in [0, 0.05) is 23.8 Å². The van der Waals surface area contributed by atoms with Gasteiger partial charge in [0.15, 0.2) is 15.6 Å². The van der Waals surface area contributed by atoms with Gasteiger partial charge in [-0.25, -0.2) is 17.2 Å². The van der Waals surface area contributed by atoms with Crippen molar-refractivity contribution in [3.63, 3.8) is 0 Å². The lowest BCUT2D eigenvalue weighted by Crippen LogP contribution is -2.62. The molecule has 0 spiro atoms. The predicted octanol–water partition coefficient (Wildman–Crippen LogP) is 4.62. The Morgan fingerprint density at radius 3 is 2.12 bits per heavy atom. The molecule has 2 aliphatic carbocycles. The molecule has 2 N–H and O–H groups in total. The molecule has 1 aromatic heterocycles. The van der Waals surface area contributed by atoms with E-state index in [1.807, 2.05) is 13.0 Å². The number of sulfone groups is 1. The number of carbonyl (C=O) groups is 2. The summed E-state index contributed by atoms with van der Waals surface area (Å²) in [5.41, 5.74) is 0.138. The number of benzene rings is 2. The molecular formula is C29H30F2N2O6S.